The van der Waals surface area contributed by atoms with Crippen molar-refractivity contribution in [1.82, 2.24) is 10.2 Å². The van der Waals surface area contributed by atoms with E-state index in [0.29, 0.717) is 25.8 Å². The number of hydrogen-bond donors (Lipinski definition) is 2. The van der Waals surface area contributed by atoms with Gasteiger partial charge in [0.25, 0.3) is 5.91 Å². The average molecular weight is 656 g/mol. The van der Waals surface area contributed by atoms with Gasteiger partial charge in [0, 0.05) is 31.8 Å². The third-order valence-corrected chi connectivity index (χ3v) is 10.0. The first-order valence-corrected chi connectivity index (χ1v) is 17.1. The fourth-order valence-electron chi connectivity index (χ4n) is 7.62. The minimum atomic E-state index is -1.31. The molecule has 4 aliphatic heterocycles. The van der Waals surface area contributed by atoms with Gasteiger partial charge in [0.2, 0.25) is 11.8 Å². The maximum atomic E-state index is 15.0. The standard InChI is InChI=1S/C38H45N3O7/c1-25-16-17-26(2)29(23-25)40-20-11-6-9-15-31(43)47-24-28(27-13-7-5-8-14-27)39-35(44)32-30-18-19-38(48-30)33(32)36(45)41(34(38)37(40)46)21-10-3-4-12-22-42/h5-8,11,13-14,16-19,23,28,30,32-34,42H,3-4,9-10,12,15,20-22,24H2,1-2H3,(H,39,44)/b11-6-/t28-,30-,32+,33+,34-,38+/m0/s1. The van der Waals surface area contributed by atoms with E-state index in [-0.39, 0.29) is 43.9 Å². The first-order valence-electron chi connectivity index (χ1n) is 17.1. The van der Waals surface area contributed by atoms with Crippen LogP contribution in [0.25, 0.3) is 0 Å². The van der Waals surface area contributed by atoms with Crippen LogP contribution < -0.4 is 10.2 Å². The van der Waals surface area contributed by atoms with Crippen molar-refractivity contribution in [3.05, 3.63) is 89.5 Å². The van der Waals surface area contributed by atoms with Crippen LogP contribution in [0.5, 0.6) is 0 Å². The number of ether oxygens (including phenoxy) is 2. The molecule has 2 N–H and O–H groups in total. The average Bonchev–Trinajstić information content (AvgIpc) is 3.73. The summed E-state index contributed by atoms with van der Waals surface area (Å²) >= 11 is 0. The number of amides is 3. The second-order valence-corrected chi connectivity index (χ2v) is 13.3. The minimum absolute atomic E-state index is 0.0579. The van der Waals surface area contributed by atoms with E-state index in [9.17, 15) is 19.5 Å². The Morgan fingerprint density at radius 3 is 2.54 bits per heavy atom. The van der Waals surface area contributed by atoms with Crippen molar-refractivity contribution in [2.75, 3.05) is 31.2 Å². The second kappa shape index (κ2) is 14.5. The van der Waals surface area contributed by atoms with E-state index in [2.05, 4.69) is 5.32 Å². The highest BCUT2D eigenvalue weighted by Crippen LogP contribution is 2.55. The molecule has 2 saturated heterocycles. The Kier molecular flexibility index (Phi) is 10.1. The van der Waals surface area contributed by atoms with E-state index in [1.54, 1.807) is 9.80 Å². The quantitative estimate of drug-likeness (QED) is 0.249. The summed E-state index contributed by atoms with van der Waals surface area (Å²) in [5.41, 5.74) is 2.08. The summed E-state index contributed by atoms with van der Waals surface area (Å²) in [6.45, 7) is 4.52. The molecule has 1 spiro atoms. The summed E-state index contributed by atoms with van der Waals surface area (Å²) in [6.07, 6.45) is 10.2. The summed E-state index contributed by atoms with van der Waals surface area (Å²) < 4.78 is 12.3. The zero-order valence-electron chi connectivity index (χ0n) is 27.7. The Morgan fingerprint density at radius 2 is 1.75 bits per heavy atom. The highest BCUT2D eigenvalue weighted by atomic mass is 16.5. The van der Waals surface area contributed by atoms with Crippen molar-refractivity contribution in [2.45, 2.75) is 76.2 Å². The number of nitrogens with zero attached hydrogens (tertiary/aromatic N) is 2. The molecule has 10 heteroatoms. The van der Waals surface area contributed by atoms with Crippen LogP contribution in [0.15, 0.2) is 72.8 Å². The van der Waals surface area contributed by atoms with E-state index >= 15 is 4.79 Å². The van der Waals surface area contributed by atoms with Gasteiger partial charge in [0.05, 0.1) is 24.0 Å². The van der Waals surface area contributed by atoms with E-state index in [1.807, 2.05) is 86.7 Å². The maximum Gasteiger partial charge on any atom is 0.306 e. The molecule has 3 amide bonds. The third-order valence-electron chi connectivity index (χ3n) is 10.0. The fourth-order valence-corrected chi connectivity index (χ4v) is 7.62. The molecule has 5 bridgehead atoms. The number of benzene rings is 2. The topological polar surface area (TPSA) is 125 Å². The number of cyclic esters (lactones) is 1. The molecule has 0 saturated carbocycles. The van der Waals surface area contributed by atoms with E-state index in [0.717, 1.165) is 35.2 Å². The van der Waals surface area contributed by atoms with Gasteiger partial charge in [-0.05, 0) is 55.9 Å². The van der Waals surface area contributed by atoms with Gasteiger partial charge in [-0.15, -0.1) is 0 Å². The number of hydrogen-bond acceptors (Lipinski definition) is 7. The molecule has 4 aliphatic rings. The van der Waals surface area contributed by atoms with Crippen LogP contribution in [-0.2, 0) is 28.7 Å². The molecule has 6 rings (SSSR count). The summed E-state index contributed by atoms with van der Waals surface area (Å²) in [5, 5.41) is 12.3. The molecule has 2 aromatic carbocycles. The van der Waals surface area contributed by atoms with E-state index in [1.165, 1.54) is 0 Å². The number of fused-ring (bicyclic) bond motifs is 2. The summed E-state index contributed by atoms with van der Waals surface area (Å²) in [7, 11) is 0. The van der Waals surface area contributed by atoms with Crippen LogP contribution in [0.3, 0.4) is 0 Å². The Morgan fingerprint density at radius 1 is 0.958 bits per heavy atom. The molecule has 6 atom stereocenters. The Balaban J connectivity index is 1.41. The minimum Gasteiger partial charge on any atom is -0.463 e. The number of nitrogens with one attached hydrogen (secondary N) is 1. The maximum absolute atomic E-state index is 15.0. The Labute approximate surface area is 281 Å². The van der Waals surface area contributed by atoms with Crippen LogP contribution >= 0.6 is 0 Å². The van der Waals surface area contributed by atoms with Crippen molar-refractivity contribution >= 4 is 29.4 Å². The molecular weight excluding hydrogens is 610 g/mol. The molecule has 2 aromatic rings. The van der Waals surface area contributed by atoms with Gasteiger partial charge < -0.3 is 29.7 Å². The molecule has 2 fully saturated rings. The molecular formula is C38H45N3O7. The van der Waals surface area contributed by atoms with Crippen molar-refractivity contribution in [3.8, 4) is 0 Å². The number of aryl methyl sites for hydroxylation is 2. The zero-order valence-corrected chi connectivity index (χ0v) is 27.7. The van der Waals surface area contributed by atoms with Crippen LogP contribution in [0.1, 0.15) is 61.3 Å². The van der Waals surface area contributed by atoms with Crippen LogP contribution in [0.4, 0.5) is 5.69 Å². The molecule has 0 radical (unpaired) electrons. The van der Waals surface area contributed by atoms with Crippen LogP contribution in [0.2, 0.25) is 0 Å². The first kappa shape index (κ1) is 33.6. The van der Waals surface area contributed by atoms with E-state index < -0.39 is 41.6 Å². The predicted molar refractivity (Wildman–Crippen MR) is 180 cm³/mol. The highest BCUT2D eigenvalue weighted by molar-refractivity contribution is 6.06. The fraction of sp³-hybridized carbons (Fsp3) is 0.474. The number of anilines is 1. The highest BCUT2D eigenvalue weighted by Gasteiger charge is 2.73. The molecule has 0 unspecified atom stereocenters. The summed E-state index contributed by atoms with van der Waals surface area (Å²) in [5.74, 6) is -3.11. The predicted octanol–water partition coefficient (Wildman–Crippen LogP) is 4.09. The number of carbonyl (C=O) groups excluding carboxylic acids is 4. The molecule has 254 valence electrons. The van der Waals surface area contributed by atoms with Crippen molar-refractivity contribution in [3.63, 3.8) is 0 Å². The smallest absolute Gasteiger partial charge is 0.306 e. The lowest BCUT2D eigenvalue weighted by atomic mass is 9.74. The third kappa shape index (κ3) is 6.43. The number of rotatable bonds is 8. The lowest BCUT2D eigenvalue weighted by molar-refractivity contribution is -0.145. The summed E-state index contributed by atoms with van der Waals surface area (Å²) in [6, 6.07) is 13.6. The monoisotopic (exact) mass is 655 g/mol. The lowest BCUT2D eigenvalue weighted by Gasteiger charge is -2.36. The van der Waals surface area contributed by atoms with Gasteiger partial charge in [-0.3, -0.25) is 19.2 Å². The number of unbranched alkanes of at least 4 members (excludes halogenated alkanes) is 3. The van der Waals surface area contributed by atoms with Gasteiger partial charge in [0.1, 0.15) is 18.2 Å². The number of carbonyl (C=O) groups is 4. The first-order chi connectivity index (χ1) is 23.2. The molecule has 0 aromatic heterocycles. The second-order valence-electron chi connectivity index (χ2n) is 13.3. The number of aliphatic hydroxyl groups excluding tert-OH is 1. The van der Waals surface area contributed by atoms with Crippen molar-refractivity contribution in [1.29, 1.82) is 0 Å². The zero-order chi connectivity index (χ0) is 33.8. The molecule has 10 nitrogen and oxygen atoms in total. The molecule has 48 heavy (non-hydrogen) atoms. The normalized spacial score (nSPS) is 29.6. The van der Waals surface area contributed by atoms with Crippen molar-refractivity contribution in [2.24, 2.45) is 11.8 Å². The van der Waals surface area contributed by atoms with Gasteiger partial charge in [0.15, 0.2) is 0 Å². The van der Waals surface area contributed by atoms with E-state index in [4.69, 9.17) is 9.47 Å². The van der Waals surface area contributed by atoms with Gasteiger partial charge >= 0.3 is 5.97 Å². The Bertz CT molecular complexity index is 1590. The molecule has 4 heterocycles. The number of aliphatic hydroxyl groups is 1. The van der Waals surface area contributed by atoms with Crippen molar-refractivity contribution < 1.29 is 33.8 Å². The van der Waals surface area contributed by atoms with Crippen LogP contribution in [0, 0.1) is 25.7 Å². The number of allylic oxidation sites excluding steroid dienone is 1. The number of esters is 1. The SMILES string of the molecule is Cc1ccc(C)c(N2C/C=C\CCC(=O)OC[C@@H](c3ccccc3)NC(=O)[C@@H]3[C@@H]4C=C[C@]5(O4)[C@H](C2=O)N(CCCCCCO)C(=O)[C@@H]35)c1. The summed E-state index contributed by atoms with van der Waals surface area (Å²) in [4.78, 5) is 59.9. The van der Waals surface area contributed by atoms with Gasteiger partial charge in [-0.1, -0.05) is 79.6 Å². The lowest BCUT2D eigenvalue weighted by Crippen LogP contribution is -2.56. The largest absolute Gasteiger partial charge is 0.463 e. The molecule has 0 aliphatic carbocycles. The van der Waals surface area contributed by atoms with Gasteiger partial charge in [-0.2, -0.15) is 0 Å². The van der Waals surface area contributed by atoms with Crippen LogP contribution in [-0.4, -0.2) is 77.7 Å². The van der Waals surface area contributed by atoms with Gasteiger partial charge in [-0.25, -0.2) is 0 Å². The number of likely N-dealkylation sites (tertiary alicyclic amines) is 1. The Hall–Kier alpha value is -4.28.